The van der Waals surface area contributed by atoms with E-state index in [1.165, 1.54) is 5.56 Å². The van der Waals surface area contributed by atoms with Crippen molar-refractivity contribution >= 4 is 28.3 Å². The number of aryl methyl sites for hydroxylation is 2. The quantitative estimate of drug-likeness (QED) is 0.872. The lowest BCUT2D eigenvalue weighted by Gasteiger charge is -2.12. The number of hydrogen-bond acceptors (Lipinski definition) is 2. The lowest BCUT2D eigenvalue weighted by Crippen LogP contribution is -2.05. The Morgan fingerprint density at radius 2 is 2.06 bits per heavy atom. The number of fused-ring (bicyclic) bond motifs is 1. The van der Waals surface area contributed by atoms with Crippen molar-refractivity contribution < 1.29 is 0 Å². The lowest BCUT2D eigenvalue weighted by atomic mass is 10.1. The zero-order valence-electron chi connectivity index (χ0n) is 11.2. The maximum absolute atomic E-state index is 6.16. The fourth-order valence-corrected chi connectivity index (χ4v) is 2.22. The molecule has 0 amide bonds. The molecule has 0 radical (unpaired) electrons. The van der Waals surface area contributed by atoms with E-state index in [1.807, 2.05) is 19.1 Å². The van der Waals surface area contributed by atoms with Crippen LogP contribution in [0.15, 0.2) is 18.2 Å². The molecular weight excluding hydrogens is 244 g/mol. The van der Waals surface area contributed by atoms with Crippen LogP contribution in [0.1, 0.15) is 31.4 Å². The smallest absolute Gasteiger partial charge is 0.129 e. The molecule has 2 aromatic rings. The van der Waals surface area contributed by atoms with Crippen molar-refractivity contribution in [2.75, 3.05) is 11.9 Å². The van der Waals surface area contributed by atoms with E-state index in [9.17, 15) is 0 Å². The largest absolute Gasteiger partial charge is 0.370 e. The molecule has 0 spiro atoms. The van der Waals surface area contributed by atoms with Crippen LogP contribution < -0.4 is 5.32 Å². The summed E-state index contributed by atoms with van der Waals surface area (Å²) in [5.74, 6) is 0.997. The highest BCUT2D eigenvalue weighted by molar-refractivity contribution is 6.32. The summed E-state index contributed by atoms with van der Waals surface area (Å²) < 4.78 is 0. The van der Waals surface area contributed by atoms with Gasteiger partial charge in [-0.1, -0.05) is 31.5 Å². The predicted octanol–water partition coefficient (Wildman–Crippen LogP) is 4.58. The third kappa shape index (κ3) is 2.44. The van der Waals surface area contributed by atoms with Gasteiger partial charge in [-0.3, -0.25) is 0 Å². The lowest BCUT2D eigenvalue weighted by molar-refractivity contribution is 0.961. The van der Waals surface area contributed by atoms with Crippen LogP contribution in [0.5, 0.6) is 0 Å². The molecule has 96 valence electrons. The van der Waals surface area contributed by atoms with E-state index in [0.717, 1.165) is 46.7 Å². The van der Waals surface area contributed by atoms with Crippen LogP contribution >= 0.6 is 11.6 Å². The second-order valence-corrected chi connectivity index (χ2v) is 4.93. The number of nitrogens with zero attached hydrogens (tertiary/aromatic N) is 1. The first-order valence-corrected chi connectivity index (χ1v) is 6.87. The highest BCUT2D eigenvalue weighted by atomic mass is 35.5. The van der Waals surface area contributed by atoms with E-state index in [0.29, 0.717) is 0 Å². The van der Waals surface area contributed by atoms with Gasteiger partial charge in [-0.2, -0.15) is 0 Å². The minimum absolute atomic E-state index is 0.778. The van der Waals surface area contributed by atoms with E-state index in [1.54, 1.807) is 0 Å². The van der Waals surface area contributed by atoms with Crippen molar-refractivity contribution in [1.29, 1.82) is 0 Å². The molecule has 2 nitrogen and oxygen atoms in total. The van der Waals surface area contributed by atoms with Gasteiger partial charge in [0.25, 0.3) is 0 Å². The monoisotopic (exact) mass is 262 g/mol. The Labute approximate surface area is 113 Å². The van der Waals surface area contributed by atoms with Gasteiger partial charge in [0.15, 0.2) is 0 Å². The number of rotatable bonds is 4. The highest BCUT2D eigenvalue weighted by Gasteiger charge is 2.08. The molecule has 0 bridgehead atoms. The van der Waals surface area contributed by atoms with Gasteiger partial charge in [-0.05, 0) is 43.0 Å². The molecule has 1 N–H and O–H groups in total. The summed E-state index contributed by atoms with van der Waals surface area (Å²) in [4.78, 5) is 4.75. The van der Waals surface area contributed by atoms with E-state index in [4.69, 9.17) is 16.6 Å². The van der Waals surface area contributed by atoms with E-state index < -0.39 is 0 Å². The molecule has 0 fully saturated rings. The van der Waals surface area contributed by atoms with Crippen LogP contribution in [0.2, 0.25) is 5.02 Å². The van der Waals surface area contributed by atoms with Gasteiger partial charge in [0.2, 0.25) is 0 Å². The predicted molar refractivity (Wildman–Crippen MR) is 79.6 cm³/mol. The first-order valence-electron chi connectivity index (χ1n) is 6.50. The van der Waals surface area contributed by atoms with Crippen molar-refractivity contribution in [3.05, 3.63) is 34.3 Å². The standard InChI is InChI=1S/C15H19ClN2/c1-4-8-17-15-11(5-2)9-12-6-7-13(16)10(3)14(12)18-15/h6-7,9H,4-5,8H2,1-3H3,(H,17,18). The number of anilines is 1. The van der Waals surface area contributed by atoms with Crippen molar-refractivity contribution in [2.24, 2.45) is 0 Å². The van der Waals surface area contributed by atoms with E-state index >= 15 is 0 Å². The number of aromatic nitrogens is 1. The van der Waals surface area contributed by atoms with Gasteiger partial charge in [-0.15, -0.1) is 0 Å². The summed E-state index contributed by atoms with van der Waals surface area (Å²) >= 11 is 6.16. The van der Waals surface area contributed by atoms with E-state index in [2.05, 4.69) is 25.2 Å². The van der Waals surface area contributed by atoms with Gasteiger partial charge in [-0.25, -0.2) is 4.98 Å². The summed E-state index contributed by atoms with van der Waals surface area (Å²) in [6, 6.07) is 6.20. The van der Waals surface area contributed by atoms with Crippen molar-refractivity contribution in [1.82, 2.24) is 4.98 Å². The van der Waals surface area contributed by atoms with Crippen LogP contribution in [-0.4, -0.2) is 11.5 Å². The molecule has 1 heterocycles. The third-order valence-electron chi connectivity index (χ3n) is 3.18. The van der Waals surface area contributed by atoms with Crippen LogP contribution in [0.25, 0.3) is 10.9 Å². The average Bonchev–Trinajstić information content (AvgIpc) is 2.40. The summed E-state index contributed by atoms with van der Waals surface area (Å²) in [6.07, 6.45) is 2.08. The van der Waals surface area contributed by atoms with E-state index in [-0.39, 0.29) is 0 Å². The molecule has 2 rings (SSSR count). The highest BCUT2D eigenvalue weighted by Crippen LogP contribution is 2.27. The average molecular weight is 263 g/mol. The van der Waals surface area contributed by atoms with Crippen LogP contribution in [0.4, 0.5) is 5.82 Å². The number of halogens is 1. The van der Waals surface area contributed by atoms with Crippen molar-refractivity contribution in [3.63, 3.8) is 0 Å². The van der Waals surface area contributed by atoms with Crippen LogP contribution in [0, 0.1) is 6.92 Å². The first-order chi connectivity index (χ1) is 8.67. The number of nitrogens with one attached hydrogen (secondary N) is 1. The molecule has 0 aliphatic rings. The Hall–Kier alpha value is -1.28. The second-order valence-electron chi connectivity index (χ2n) is 4.52. The van der Waals surface area contributed by atoms with Gasteiger partial charge >= 0.3 is 0 Å². The first kappa shape index (κ1) is 13.2. The SMILES string of the molecule is CCCNc1nc2c(C)c(Cl)ccc2cc1CC. The maximum Gasteiger partial charge on any atom is 0.129 e. The van der Waals surface area contributed by atoms with Gasteiger partial charge in [0.1, 0.15) is 5.82 Å². The molecule has 18 heavy (non-hydrogen) atoms. The van der Waals surface area contributed by atoms with Gasteiger partial charge in [0, 0.05) is 17.0 Å². The minimum Gasteiger partial charge on any atom is -0.370 e. The second kappa shape index (κ2) is 5.57. The Kier molecular flexibility index (Phi) is 4.07. The Bertz CT molecular complexity index is 564. The molecule has 1 aromatic carbocycles. The Balaban J connectivity index is 2.58. The van der Waals surface area contributed by atoms with Crippen LogP contribution in [0.3, 0.4) is 0 Å². The summed E-state index contributed by atoms with van der Waals surface area (Å²) in [7, 11) is 0. The summed E-state index contributed by atoms with van der Waals surface area (Å²) in [5.41, 5.74) is 3.31. The Morgan fingerprint density at radius 3 is 2.72 bits per heavy atom. The third-order valence-corrected chi connectivity index (χ3v) is 3.59. The zero-order valence-corrected chi connectivity index (χ0v) is 11.9. The van der Waals surface area contributed by atoms with Gasteiger partial charge < -0.3 is 5.32 Å². The normalized spacial score (nSPS) is 10.9. The molecule has 0 aliphatic carbocycles. The molecule has 0 saturated heterocycles. The molecule has 1 aromatic heterocycles. The number of pyridine rings is 1. The molecular formula is C15H19ClN2. The molecule has 0 aliphatic heterocycles. The van der Waals surface area contributed by atoms with Crippen molar-refractivity contribution in [3.8, 4) is 0 Å². The van der Waals surface area contributed by atoms with Crippen molar-refractivity contribution in [2.45, 2.75) is 33.6 Å². The summed E-state index contributed by atoms with van der Waals surface area (Å²) in [5, 5.41) is 5.34. The Morgan fingerprint density at radius 1 is 1.28 bits per heavy atom. The topological polar surface area (TPSA) is 24.9 Å². The fourth-order valence-electron chi connectivity index (χ4n) is 2.07. The minimum atomic E-state index is 0.778. The van der Waals surface area contributed by atoms with Crippen LogP contribution in [-0.2, 0) is 6.42 Å². The molecule has 0 unspecified atom stereocenters. The molecule has 0 atom stereocenters. The number of hydrogen-bond donors (Lipinski definition) is 1. The van der Waals surface area contributed by atoms with Gasteiger partial charge in [0.05, 0.1) is 5.52 Å². The number of benzene rings is 1. The summed E-state index contributed by atoms with van der Waals surface area (Å²) in [6.45, 7) is 7.28. The zero-order chi connectivity index (χ0) is 13.1. The fraction of sp³-hybridized carbons (Fsp3) is 0.400. The molecule has 0 saturated carbocycles. The molecule has 3 heteroatoms. The maximum atomic E-state index is 6.16.